The number of aromatic nitrogens is 2. The minimum absolute atomic E-state index is 0.148. The van der Waals surface area contributed by atoms with Gasteiger partial charge < -0.3 is 5.11 Å². The summed E-state index contributed by atoms with van der Waals surface area (Å²) < 4.78 is 2.60. The van der Waals surface area contributed by atoms with E-state index in [4.69, 9.17) is 16.7 Å². The molecule has 2 N–H and O–H groups in total. The van der Waals surface area contributed by atoms with Crippen LogP contribution in [-0.4, -0.2) is 48.8 Å². The van der Waals surface area contributed by atoms with Gasteiger partial charge in [-0.05, 0) is 92.3 Å². The zero-order chi connectivity index (χ0) is 34.1. The summed E-state index contributed by atoms with van der Waals surface area (Å²) in [6.07, 6.45) is 2.34. The molecule has 2 aliphatic heterocycles. The highest BCUT2D eigenvalue weighted by Gasteiger charge is 2.68. The van der Waals surface area contributed by atoms with Crippen LogP contribution in [0.2, 0.25) is 5.02 Å². The van der Waals surface area contributed by atoms with Crippen LogP contribution in [0.3, 0.4) is 0 Å². The molecule has 2 aromatic carbocycles. The lowest BCUT2D eigenvalue weighted by molar-refractivity contribution is -0.173. The molecule has 6 atom stereocenters. The molecule has 2 aliphatic carbocycles. The van der Waals surface area contributed by atoms with Gasteiger partial charge in [0, 0.05) is 28.8 Å². The Balaban J connectivity index is 1.27. The van der Waals surface area contributed by atoms with E-state index in [-0.39, 0.29) is 29.6 Å². The molecule has 2 saturated heterocycles. The van der Waals surface area contributed by atoms with Crippen molar-refractivity contribution in [1.82, 2.24) is 14.8 Å². The summed E-state index contributed by atoms with van der Waals surface area (Å²) in [5, 5.41) is 27.6. The Labute approximate surface area is 285 Å². The molecule has 0 radical (unpaired) electrons. The van der Waals surface area contributed by atoms with E-state index in [9.17, 15) is 29.5 Å². The van der Waals surface area contributed by atoms with Crippen LogP contribution >= 0.6 is 22.9 Å². The Morgan fingerprint density at radius 1 is 0.979 bits per heavy atom. The van der Waals surface area contributed by atoms with Crippen LogP contribution in [0.25, 0.3) is 20.7 Å². The van der Waals surface area contributed by atoms with Crippen LogP contribution in [-0.2, 0) is 26.2 Å². The first-order valence-corrected chi connectivity index (χ1v) is 17.1. The predicted octanol–water partition coefficient (Wildman–Crippen LogP) is 6.21. The Morgan fingerprint density at radius 3 is 2.40 bits per heavy atom. The second-order valence-corrected chi connectivity index (χ2v) is 15.3. The Kier molecular flexibility index (Phi) is 6.67. The quantitative estimate of drug-likeness (QED) is 0.149. The van der Waals surface area contributed by atoms with Gasteiger partial charge in [-0.1, -0.05) is 35.4 Å². The third-order valence-corrected chi connectivity index (χ3v) is 12.8. The number of anilines is 1. The second-order valence-electron chi connectivity index (χ2n) is 13.9. The van der Waals surface area contributed by atoms with Crippen molar-refractivity contribution in [2.75, 3.05) is 4.90 Å². The lowest BCUT2D eigenvalue weighted by atomic mass is 9.51. The number of phenolic OH excluding ortho intramolecular Hbond substituents is 1. The van der Waals surface area contributed by atoms with E-state index in [1.165, 1.54) is 4.90 Å². The van der Waals surface area contributed by atoms with Crippen LogP contribution in [0, 0.1) is 49.9 Å². The van der Waals surface area contributed by atoms with Crippen molar-refractivity contribution < 1.29 is 29.5 Å². The molecule has 0 unspecified atom stereocenters. The van der Waals surface area contributed by atoms with Gasteiger partial charge in [-0.15, -0.1) is 11.3 Å². The van der Waals surface area contributed by atoms with E-state index < -0.39 is 52.7 Å². The van der Waals surface area contributed by atoms with Gasteiger partial charge in [0.2, 0.25) is 11.8 Å². The Hall–Kier alpha value is -4.32. The normalized spacial score (nSPS) is 28.3. The number of aromatic hydroxyl groups is 1. The summed E-state index contributed by atoms with van der Waals surface area (Å²) in [4.78, 5) is 57.8. The number of allylic oxidation sites excluding steroid dienone is 2. The summed E-state index contributed by atoms with van der Waals surface area (Å²) in [6, 6.07) is 11.2. The maximum absolute atomic E-state index is 14.9. The van der Waals surface area contributed by atoms with E-state index >= 15 is 0 Å². The molecule has 3 fully saturated rings. The molecular weight excluding hydrogens is 652 g/mol. The third-order valence-electron chi connectivity index (χ3n) is 11.3. The standard InChI is InChI=1S/C36H33ClN4O6S/c1-15-10-18(11-16(2)30(15)42)29-20-7-8-21-28(34(45)41(47)32(21)43)23(20)13-24-33(44)40(35(46)36(24,29)4)27-14-25(38-39(27)5)31-17(3)22-12-19(37)6-9-26(22)48-31/h6-7,9-12,14,21,23-24,28-29,42,47H,8,13H2,1-5H3/t21-,23+,24-,28-,29-,36+/m0/s1. The first kappa shape index (κ1) is 31.0. The van der Waals surface area contributed by atoms with Crippen LogP contribution in [0.15, 0.2) is 48.0 Å². The number of hydrogen-bond acceptors (Lipinski definition) is 8. The lowest BCUT2D eigenvalue weighted by Gasteiger charge is -2.49. The van der Waals surface area contributed by atoms with Crippen molar-refractivity contribution in [3.8, 4) is 16.3 Å². The maximum atomic E-state index is 14.9. The fraction of sp³-hybridized carbons (Fsp3) is 0.361. The number of hydrogen-bond donors (Lipinski definition) is 2. The highest BCUT2D eigenvalue weighted by atomic mass is 35.5. The molecule has 4 amide bonds. The van der Waals surface area contributed by atoms with E-state index in [0.717, 1.165) is 31.7 Å². The number of fused-ring (bicyclic) bond motifs is 5. The van der Waals surface area contributed by atoms with Gasteiger partial charge in [0.15, 0.2) is 0 Å². The van der Waals surface area contributed by atoms with Crippen LogP contribution in [0.4, 0.5) is 5.82 Å². The maximum Gasteiger partial charge on any atom is 0.257 e. The minimum atomic E-state index is -1.25. The van der Waals surface area contributed by atoms with Crippen LogP contribution in [0.1, 0.15) is 47.9 Å². The van der Waals surface area contributed by atoms with Gasteiger partial charge in [0.25, 0.3) is 11.8 Å². The number of aryl methyl sites for hydroxylation is 4. The van der Waals surface area contributed by atoms with Crippen LogP contribution in [0.5, 0.6) is 5.75 Å². The number of carbonyl (C=O) groups is 4. The van der Waals surface area contributed by atoms with Crippen molar-refractivity contribution in [2.24, 2.45) is 36.1 Å². The van der Waals surface area contributed by atoms with E-state index in [0.29, 0.717) is 27.7 Å². The number of phenols is 1. The molecular formula is C36H33ClN4O6S. The van der Waals surface area contributed by atoms with Crippen molar-refractivity contribution in [2.45, 2.75) is 46.5 Å². The summed E-state index contributed by atoms with van der Waals surface area (Å²) in [5.74, 6) is -5.16. The van der Waals surface area contributed by atoms with Crippen molar-refractivity contribution in [3.05, 3.63) is 75.3 Å². The summed E-state index contributed by atoms with van der Waals surface area (Å²) in [7, 11) is 1.71. The average molecular weight is 685 g/mol. The largest absolute Gasteiger partial charge is 0.507 e. The molecule has 10 nitrogen and oxygen atoms in total. The number of hydroxylamine groups is 2. The number of imide groups is 2. The van der Waals surface area contributed by atoms with Gasteiger partial charge in [-0.2, -0.15) is 10.2 Å². The molecule has 12 heteroatoms. The lowest BCUT2D eigenvalue weighted by Crippen LogP contribution is -2.48. The first-order chi connectivity index (χ1) is 22.7. The molecule has 0 bridgehead atoms. The number of benzene rings is 2. The van der Waals surface area contributed by atoms with E-state index in [1.54, 1.807) is 43.0 Å². The Morgan fingerprint density at radius 2 is 1.69 bits per heavy atom. The number of amides is 4. The van der Waals surface area contributed by atoms with Gasteiger partial charge in [0.1, 0.15) is 17.3 Å². The molecule has 4 aliphatic rings. The molecule has 0 spiro atoms. The summed E-state index contributed by atoms with van der Waals surface area (Å²) in [5.41, 5.74) is 3.18. The molecule has 8 rings (SSSR count). The highest BCUT2D eigenvalue weighted by Crippen LogP contribution is 2.64. The Bertz CT molecular complexity index is 2160. The highest BCUT2D eigenvalue weighted by molar-refractivity contribution is 7.22. The fourth-order valence-corrected chi connectivity index (χ4v) is 10.3. The van der Waals surface area contributed by atoms with E-state index in [1.807, 2.05) is 50.3 Å². The zero-order valence-corrected chi connectivity index (χ0v) is 28.5. The molecule has 4 aromatic rings. The third kappa shape index (κ3) is 3.98. The monoisotopic (exact) mass is 684 g/mol. The number of halogens is 1. The fourth-order valence-electron chi connectivity index (χ4n) is 8.97. The molecule has 4 heterocycles. The van der Waals surface area contributed by atoms with E-state index in [2.05, 4.69) is 0 Å². The zero-order valence-electron chi connectivity index (χ0n) is 26.9. The predicted molar refractivity (Wildman–Crippen MR) is 180 cm³/mol. The van der Waals surface area contributed by atoms with Gasteiger partial charge >= 0.3 is 0 Å². The average Bonchev–Trinajstić information content (AvgIpc) is 3.71. The number of carbonyl (C=O) groups excluding carboxylic acids is 4. The summed E-state index contributed by atoms with van der Waals surface area (Å²) in [6.45, 7) is 7.39. The first-order valence-electron chi connectivity index (χ1n) is 15.9. The van der Waals surface area contributed by atoms with Gasteiger partial charge in [0.05, 0.1) is 28.0 Å². The van der Waals surface area contributed by atoms with Crippen molar-refractivity contribution in [3.63, 3.8) is 0 Å². The van der Waals surface area contributed by atoms with Gasteiger partial charge in [-0.3, -0.25) is 29.1 Å². The smallest absolute Gasteiger partial charge is 0.257 e. The molecule has 246 valence electrons. The van der Waals surface area contributed by atoms with Crippen molar-refractivity contribution >= 4 is 62.5 Å². The second kappa shape index (κ2) is 10.3. The molecule has 2 aromatic heterocycles. The summed E-state index contributed by atoms with van der Waals surface area (Å²) >= 11 is 7.84. The topological polar surface area (TPSA) is 133 Å². The number of rotatable bonds is 3. The van der Waals surface area contributed by atoms with Gasteiger partial charge in [-0.25, -0.2) is 4.90 Å². The number of thiophene rings is 1. The molecule has 1 saturated carbocycles. The number of nitrogens with zero attached hydrogens (tertiary/aromatic N) is 4. The SMILES string of the molecule is Cc1cc([C@H]2C3=CC[C@@H]4C(=O)N(O)C(=O)[C@@H]4[C@@H]3C[C@H]3C(=O)N(c4cc(-c5sc6ccc(Cl)cc6c5C)nn4C)C(=O)[C@@]23C)cc(C)c1O. The van der Waals surface area contributed by atoms with Crippen molar-refractivity contribution in [1.29, 1.82) is 0 Å². The molecule has 48 heavy (non-hydrogen) atoms. The minimum Gasteiger partial charge on any atom is -0.507 e. The van der Waals surface area contributed by atoms with Crippen LogP contribution < -0.4 is 4.90 Å².